The maximum atomic E-state index is 10.9. The maximum Gasteiger partial charge on any atom is 0.317 e. The lowest BCUT2D eigenvalue weighted by atomic mass is 10.1. The van der Waals surface area contributed by atoms with Gasteiger partial charge in [-0.25, -0.2) is 4.98 Å². The molecular weight excluding hydrogens is 358 g/mol. The van der Waals surface area contributed by atoms with Gasteiger partial charge >= 0.3 is 5.97 Å². The lowest BCUT2D eigenvalue weighted by Gasteiger charge is -2.25. The van der Waals surface area contributed by atoms with Crippen LogP contribution in [0.4, 0.5) is 5.13 Å². The van der Waals surface area contributed by atoms with Gasteiger partial charge in [-0.05, 0) is 44.0 Å². The van der Waals surface area contributed by atoms with Crippen LogP contribution < -0.4 is 4.90 Å². The first-order chi connectivity index (χ1) is 12.0. The molecule has 2 heterocycles. The molecule has 0 bridgehead atoms. The Bertz CT molecular complexity index is 719. The number of carboxylic acid groups (broad SMARTS) is 1. The van der Waals surface area contributed by atoms with Crippen molar-refractivity contribution in [1.29, 1.82) is 0 Å². The van der Waals surface area contributed by atoms with E-state index in [2.05, 4.69) is 9.88 Å². The molecule has 1 unspecified atom stereocenters. The summed E-state index contributed by atoms with van der Waals surface area (Å²) in [7, 11) is 1.90. The van der Waals surface area contributed by atoms with E-state index in [1.54, 1.807) is 11.3 Å². The number of hydrogen-bond acceptors (Lipinski definition) is 5. The molecule has 1 saturated heterocycles. The van der Waals surface area contributed by atoms with E-state index in [0.717, 1.165) is 52.9 Å². The van der Waals surface area contributed by atoms with Gasteiger partial charge in [0.25, 0.3) is 0 Å². The second-order valence-electron chi connectivity index (χ2n) is 6.39. The Labute approximate surface area is 156 Å². The number of halogens is 1. The van der Waals surface area contributed by atoms with Crippen molar-refractivity contribution < 1.29 is 9.90 Å². The number of rotatable bonds is 5. The molecule has 5 nitrogen and oxygen atoms in total. The third-order valence-corrected chi connectivity index (χ3v) is 5.96. The second-order valence-corrected chi connectivity index (χ2v) is 7.84. The predicted molar refractivity (Wildman–Crippen MR) is 103 cm³/mol. The SMILES string of the molecule is CN(CC(=O)O)C1CCCN(c2ncc(-c3ccc(Cl)cc3)s2)CC1. The lowest BCUT2D eigenvalue weighted by Crippen LogP contribution is -2.36. The summed E-state index contributed by atoms with van der Waals surface area (Å²) in [5.74, 6) is -0.767. The van der Waals surface area contributed by atoms with Crippen LogP contribution in [0, 0.1) is 0 Å². The van der Waals surface area contributed by atoms with Crippen molar-refractivity contribution in [2.75, 3.05) is 31.6 Å². The molecule has 2 aromatic rings. The van der Waals surface area contributed by atoms with Crippen LogP contribution in [0.5, 0.6) is 0 Å². The number of aromatic nitrogens is 1. The third-order valence-electron chi connectivity index (χ3n) is 4.60. The minimum atomic E-state index is -0.767. The van der Waals surface area contributed by atoms with Gasteiger partial charge < -0.3 is 10.0 Å². The van der Waals surface area contributed by atoms with Gasteiger partial charge in [0.1, 0.15) is 0 Å². The van der Waals surface area contributed by atoms with E-state index in [0.29, 0.717) is 6.04 Å². The zero-order valence-corrected chi connectivity index (χ0v) is 15.8. The number of aliphatic carboxylic acids is 1. The van der Waals surface area contributed by atoms with Crippen molar-refractivity contribution in [2.24, 2.45) is 0 Å². The summed E-state index contributed by atoms with van der Waals surface area (Å²) in [6.45, 7) is 1.97. The highest BCUT2D eigenvalue weighted by Gasteiger charge is 2.23. The number of likely N-dealkylation sites (N-methyl/N-ethyl adjacent to an activating group) is 1. The largest absolute Gasteiger partial charge is 0.480 e. The third kappa shape index (κ3) is 4.71. The van der Waals surface area contributed by atoms with Crippen molar-refractivity contribution >= 4 is 34.0 Å². The maximum absolute atomic E-state index is 10.9. The van der Waals surface area contributed by atoms with Crippen LogP contribution in [-0.2, 0) is 4.79 Å². The van der Waals surface area contributed by atoms with Gasteiger partial charge in [-0.1, -0.05) is 35.1 Å². The highest BCUT2D eigenvalue weighted by Crippen LogP contribution is 2.33. The molecule has 1 atom stereocenters. The van der Waals surface area contributed by atoms with Gasteiger partial charge in [0.15, 0.2) is 5.13 Å². The van der Waals surface area contributed by atoms with Gasteiger partial charge in [0, 0.05) is 30.4 Å². The Morgan fingerprint density at radius 3 is 2.84 bits per heavy atom. The first-order valence-electron chi connectivity index (χ1n) is 8.41. The predicted octanol–water partition coefficient (Wildman–Crippen LogP) is 3.84. The molecule has 1 N–H and O–H groups in total. The molecule has 0 aliphatic carbocycles. The summed E-state index contributed by atoms with van der Waals surface area (Å²) in [4.78, 5) is 20.9. The van der Waals surface area contributed by atoms with E-state index in [-0.39, 0.29) is 6.54 Å². The van der Waals surface area contributed by atoms with E-state index in [4.69, 9.17) is 16.7 Å². The average Bonchev–Trinajstić information content (AvgIpc) is 2.92. The van der Waals surface area contributed by atoms with Gasteiger partial charge in [0.2, 0.25) is 0 Å². The van der Waals surface area contributed by atoms with E-state index >= 15 is 0 Å². The molecule has 0 radical (unpaired) electrons. The molecule has 7 heteroatoms. The van der Waals surface area contributed by atoms with Crippen LogP contribution in [0.25, 0.3) is 10.4 Å². The highest BCUT2D eigenvalue weighted by atomic mass is 35.5. The van der Waals surface area contributed by atoms with Crippen LogP contribution in [-0.4, -0.2) is 53.7 Å². The fourth-order valence-electron chi connectivity index (χ4n) is 3.21. The van der Waals surface area contributed by atoms with Crippen molar-refractivity contribution in [2.45, 2.75) is 25.3 Å². The zero-order chi connectivity index (χ0) is 17.8. The molecule has 1 aromatic heterocycles. The number of benzene rings is 1. The molecule has 0 saturated carbocycles. The summed E-state index contributed by atoms with van der Waals surface area (Å²) in [6, 6.07) is 8.13. The summed E-state index contributed by atoms with van der Waals surface area (Å²) in [6.07, 6.45) is 4.95. The van der Waals surface area contributed by atoms with Gasteiger partial charge in [-0.2, -0.15) is 0 Å². The Kier molecular flexibility index (Phi) is 5.93. The van der Waals surface area contributed by atoms with E-state index in [1.807, 2.05) is 42.4 Å². The van der Waals surface area contributed by atoms with Crippen LogP contribution in [0.15, 0.2) is 30.5 Å². The topological polar surface area (TPSA) is 56.7 Å². The average molecular weight is 380 g/mol. The number of hydrogen-bond donors (Lipinski definition) is 1. The van der Waals surface area contributed by atoms with Crippen molar-refractivity contribution in [1.82, 2.24) is 9.88 Å². The van der Waals surface area contributed by atoms with Gasteiger partial charge in [-0.15, -0.1) is 0 Å². The molecule has 3 rings (SSSR count). The monoisotopic (exact) mass is 379 g/mol. The Balaban J connectivity index is 1.65. The normalized spacial score (nSPS) is 18.4. The van der Waals surface area contributed by atoms with Crippen molar-refractivity contribution in [3.63, 3.8) is 0 Å². The number of nitrogens with zero attached hydrogens (tertiary/aromatic N) is 3. The summed E-state index contributed by atoms with van der Waals surface area (Å²) >= 11 is 7.65. The lowest BCUT2D eigenvalue weighted by molar-refractivity contribution is -0.138. The number of thiazole rings is 1. The van der Waals surface area contributed by atoms with Crippen molar-refractivity contribution in [3.8, 4) is 10.4 Å². The minimum Gasteiger partial charge on any atom is -0.480 e. The van der Waals surface area contributed by atoms with Crippen LogP contribution >= 0.6 is 22.9 Å². The fraction of sp³-hybridized carbons (Fsp3) is 0.444. The Hall–Kier alpha value is -1.63. The smallest absolute Gasteiger partial charge is 0.317 e. The molecule has 1 fully saturated rings. The number of anilines is 1. The van der Waals surface area contributed by atoms with Crippen molar-refractivity contribution in [3.05, 3.63) is 35.5 Å². The number of carboxylic acids is 1. The standard InChI is InChI=1S/C18H22ClN3O2S/c1-21(12-17(23)24)15-3-2-9-22(10-8-15)18-20-11-16(25-18)13-4-6-14(19)7-5-13/h4-7,11,15H,2-3,8-10,12H2,1H3,(H,23,24). The second kappa shape index (κ2) is 8.17. The molecule has 1 aromatic carbocycles. The Morgan fingerprint density at radius 2 is 2.12 bits per heavy atom. The summed E-state index contributed by atoms with van der Waals surface area (Å²) in [5, 5.41) is 10.7. The highest BCUT2D eigenvalue weighted by molar-refractivity contribution is 7.18. The summed E-state index contributed by atoms with van der Waals surface area (Å²) < 4.78 is 0. The van der Waals surface area contributed by atoms with Crippen LogP contribution in [0.3, 0.4) is 0 Å². The molecular formula is C18H22ClN3O2S. The quantitative estimate of drug-likeness (QED) is 0.855. The molecule has 0 amide bonds. The molecule has 0 spiro atoms. The Morgan fingerprint density at radius 1 is 1.36 bits per heavy atom. The fourth-order valence-corrected chi connectivity index (χ4v) is 4.31. The molecule has 1 aliphatic heterocycles. The zero-order valence-electron chi connectivity index (χ0n) is 14.2. The first-order valence-corrected chi connectivity index (χ1v) is 9.61. The van der Waals surface area contributed by atoms with Crippen LogP contribution in [0.1, 0.15) is 19.3 Å². The minimum absolute atomic E-state index is 0.0998. The summed E-state index contributed by atoms with van der Waals surface area (Å²) in [5.41, 5.74) is 1.13. The molecule has 25 heavy (non-hydrogen) atoms. The van der Waals surface area contributed by atoms with Crippen LogP contribution in [0.2, 0.25) is 5.02 Å². The van der Waals surface area contributed by atoms with E-state index < -0.39 is 5.97 Å². The van der Waals surface area contributed by atoms with Gasteiger partial charge in [0.05, 0.1) is 11.4 Å². The van der Waals surface area contributed by atoms with Gasteiger partial charge in [-0.3, -0.25) is 9.69 Å². The van der Waals surface area contributed by atoms with E-state index in [1.165, 1.54) is 0 Å². The first kappa shape index (κ1) is 18.2. The molecule has 1 aliphatic rings. The molecule has 134 valence electrons. The van der Waals surface area contributed by atoms with E-state index in [9.17, 15) is 4.79 Å². The number of carbonyl (C=O) groups is 1.